The van der Waals surface area contributed by atoms with Crippen LogP contribution in [0.4, 0.5) is 0 Å². The molecule has 1 aliphatic heterocycles. The van der Waals surface area contributed by atoms with E-state index in [2.05, 4.69) is 10.6 Å². The highest BCUT2D eigenvalue weighted by Gasteiger charge is 2.31. The van der Waals surface area contributed by atoms with Gasteiger partial charge in [0.2, 0.25) is 0 Å². The van der Waals surface area contributed by atoms with Crippen molar-refractivity contribution in [2.24, 2.45) is 5.73 Å². The van der Waals surface area contributed by atoms with Crippen molar-refractivity contribution in [1.29, 1.82) is 0 Å². The Morgan fingerprint density at radius 1 is 0.733 bits per heavy atom. The molecular formula is C23H33ClN4O2. The van der Waals surface area contributed by atoms with Crippen molar-refractivity contribution in [3.63, 3.8) is 0 Å². The van der Waals surface area contributed by atoms with E-state index in [-0.39, 0.29) is 24.2 Å². The molecule has 1 aliphatic rings. The van der Waals surface area contributed by atoms with Gasteiger partial charge in [-0.05, 0) is 82.3 Å². The number of carbonyl (C=O) groups excluding carboxylic acids is 2. The standard InChI is InChI=1S/C23H32N4O2.ClH/c24-12-1-2-13-25-14-3-4-15-26-16-7-17-27-22(28)19-10-5-8-18-9-6-11-20(21(18)19)23(27)29;/h5-6,8-11,25-26H,1-4,7,12-17,24H2;1H. The summed E-state index contributed by atoms with van der Waals surface area (Å²) in [5.41, 5.74) is 6.73. The molecular weight excluding hydrogens is 400 g/mol. The zero-order valence-electron chi connectivity index (χ0n) is 17.5. The van der Waals surface area contributed by atoms with Gasteiger partial charge < -0.3 is 16.4 Å². The van der Waals surface area contributed by atoms with Crippen LogP contribution in [0.2, 0.25) is 0 Å². The van der Waals surface area contributed by atoms with Crippen LogP contribution in [0.3, 0.4) is 0 Å². The third-order valence-corrected chi connectivity index (χ3v) is 5.36. The van der Waals surface area contributed by atoms with Gasteiger partial charge in [-0.15, -0.1) is 12.4 Å². The van der Waals surface area contributed by atoms with Crippen molar-refractivity contribution in [1.82, 2.24) is 15.5 Å². The molecule has 1 heterocycles. The molecule has 3 rings (SSSR count). The lowest BCUT2D eigenvalue weighted by Crippen LogP contribution is -2.41. The molecule has 0 saturated heterocycles. The molecule has 0 unspecified atom stereocenters. The Labute approximate surface area is 185 Å². The molecule has 0 saturated carbocycles. The smallest absolute Gasteiger partial charge is 0.261 e. The fraction of sp³-hybridized carbons (Fsp3) is 0.478. The van der Waals surface area contributed by atoms with E-state index < -0.39 is 0 Å². The molecule has 0 radical (unpaired) electrons. The second-order valence-electron chi connectivity index (χ2n) is 7.53. The molecule has 0 aromatic heterocycles. The maximum Gasteiger partial charge on any atom is 0.261 e. The lowest BCUT2D eigenvalue weighted by atomic mass is 9.94. The molecule has 0 aliphatic carbocycles. The normalized spacial score (nSPS) is 13.0. The minimum absolute atomic E-state index is 0. The Morgan fingerprint density at radius 3 is 1.77 bits per heavy atom. The van der Waals surface area contributed by atoms with Crippen molar-refractivity contribution < 1.29 is 9.59 Å². The van der Waals surface area contributed by atoms with E-state index >= 15 is 0 Å². The van der Waals surface area contributed by atoms with Crippen LogP contribution in [0.5, 0.6) is 0 Å². The van der Waals surface area contributed by atoms with Gasteiger partial charge in [0.15, 0.2) is 0 Å². The van der Waals surface area contributed by atoms with Crippen LogP contribution in [0.1, 0.15) is 52.8 Å². The number of halogens is 1. The Kier molecular flexibility index (Phi) is 10.2. The zero-order chi connectivity index (χ0) is 20.5. The minimum Gasteiger partial charge on any atom is -0.330 e. The molecule has 2 aromatic carbocycles. The summed E-state index contributed by atoms with van der Waals surface area (Å²) in [4.78, 5) is 27.0. The third kappa shape index (κ3) is 6.01. The van der Waals surface area contributed by atoms with E-state index in [4.69, 9.17) is 5.73 Å². The SMILES string of the molecule is Cl.NCCCCNCCCCNCCCN1C(=O)c2cccc3cccc(c23)C1=O. The predicted molar refractivity (Wildman–Crippen MR) is 124 cm³/mol. The second-order valence-corrected chi connectivity index (χ2v) is 7.53. The second kappa shape index (κ2) is 12.6. The first-order valence-corrected chi connectivity index (χ1v) is 10.7. The summed E-state index contributed by atoms with van der Waals surface area (Å²) in [6, 6.07) is 11.3. The van der Waals surface area contributed by atoms with Crippen LogP contribution in [-0.4, -0.2) is 56.0 Å². The van der Waals surface area contributed by atoms with Crippen molar-refractivity contribution in [3.05, 3.63) is 47.5 Å². The van der Waals surface area contributed by atoms with Crippen LogP contribution < -0.4 is 16.4 Å². The first-order chi connectivity index (χ1) is 14.2. The van der Waals surface area contributed by atoms with Crippen LogP contribution in [0.25, 0.3) is 10.8 Å². The van der Waals surface area contributed by atoms with Crippen molar-refractivity contribution >= 4 is 35.0 Å². The number of nitrogens with zero attached hydrogens (tertiary/aromatic N) is 1. The monoisotopic (exact) mass is 432 g/mol. The van der Waals surface area contributed by atoms with E-state index in [1.165, 1.54) is 4.90 Å². The molecule has 30 heavy (non-hydrogen) atoms. The van der Waals surface area contributed by atoms with Gasteiger partial charge in [-0.3, -0.25) is 14.5 Å². The Hall–Kier alpha value is -1.99. The zero-order valence-corrected chi connectivity index (χ0v) is 18.3. The van der Waals surface area contributed by atoms with Gasteiger partial charge in [-0.25, -0.2) is 0 Å². The molecule has 0 atom stereocenters. The van der Waals surface area contributed by atoms with E-state index in [1.807, 2.05) is 36.4 Å². The summed E-state index contributed by atoms with van der Waals surface area (Å²) in [5, 5.41) is 8.57. The third-order valence-electron chi connectivity index (χ3n) is 5.36. The Balaban J connectivity index is 0.00000320. The van der Waals surface area contributed by atoms with Crippen molar-refractivity contribution in [3.8, 4) is 0 Å². The van der Waals surface area contributed by atoms with Crippen molar-refractivity contribution in [2.75, 3.05) is 39.3 Å². The van der Waals surface area contributed by atoms with Crippen LogP contribution >= 0.6 is 12.4 Å². The molecule has 0 fully saturated rings. The fourth-order valence-corrected chi connectivity index (χ4v) is 3.79. The maximum atomic E-state index is 12.8. The first kappa shape index (κ1) is 24.3. The summed E-state index contributed by atoms with van der Waals surface area (Å²) < 4.78 is 0. The highest BCUT2D eigenvalue weighted by atomic mass is 35.5. The number of carbonyl (C=O) groups is 2. The Morgan fingerprint density at radius 2 is 1.23 bits per heavy atom. The molecule has 4 N–H and O–H groups in total. The summed E-state index contributed by atoms with van der Waals surface area (Å²) in [5.74, 6) is -0.361. The fourth-order valence-electron chi connectivity index (χ4n) is 3.79. The van der Waals surface area contributed by atoms with Crippen molar-refractivity contribution in [2.45, 2.75) is 32.1 Å². The molecule has 2 amide bonds. The highest BCUT2D eigenvalue weighted by molar-refractivity contribution is 6.25. The van der Waals surface area contributed by atoms with Crippen LogP contribution in [0.15, 0.2) is 36.4 Å². The van der Waals surface area contributed by atoms with Gasteiger partial charge in [0, 0.05) is 23.1 Å². The number of rotatable bonds is 13. The summed E-state index contributed by atoms with van der Waals surface area (Å²) in [6.45, 7) is 5.04. The molecule has 6 nitrogen and oxygen atoms in total. The van der Waals surface area contributed by atoms with Gasteiger partial charge >= 0.3 is 0 Å². The minimum atomic E-state index is -0.181. The Bertz CT molecular complexity index is 792. The number of hydrogen-bond acceptors (Lipinski definition) is 5. The number of benzene rings is 2. The van der Waals surface area contributed by atoms with Gasteiger partial charge in [0.25, 0.3) is 11.8 Å². The largest absolute Gasteiger partial charge is 0.330 e. The molecule has 0 spiro atoms. The lowest BCUT2D eigenvalue weighted by Gasteiger charge is -2.27. The summed E-state index contributed by atoms with van der Waals surface area (Å²) >= 11 is 0. The lowest BCUT2D eigenvalue weighted by molar-refractivity contribution is 0.0609. The molecule has 7 heteroatoms. The molecule has 164 valence electrons. The van der Waals surface area contributed by atoms with E-state index in [0.717, 1.165) is 75.6 Å². The van der Waals surface area contributed by atoms with Gasteiger partial charge in [0.1, 0.15) is 0 Å². The van der Waals surface area contributed by atoms with Gasteiger partial charge in [-0.2, -0.15) is 0 Å². The number of amides is 2. The summed E-state index contributed by atoms with van der Waals surface area (Å²) in [7, 11) is 0. The molecule has 2 aromatic rings. The quantitative estimate of drug-likeness (QED) is 0.334. The average Bonchev–Trinajstić information content (AvgIpc) is 2.74. The number of hydrogen-bond donors (Lipinski definition) is 3. The molecule has 0 bridgehead atoms. The maximum absolute atomic E-state index is 12.8. The van der Waals surface area contributed by atoms with E-state index in [0.29, 0.717) is 17.7 Å². The number of nitrogens with two attached hydrogens (primary N) is 1. The van der Waals surface area contributed by atoms with Gasteiger partial charge in [0.05, 0.1) is 0 Å². The number of unbranched alkanes of at least 4 members (excludes halogenated alkanes) is 2. The van der Waals surface area contributed by atoms with Gasteiger partial charge in [-0.1, -0.05) is 24.3 Å². The van der Waals surface area contributed by atoms with E-state index in [9.17, 15) is 9.59 Å². The predicted octanol–water partition coefficient (Wildman–Crippen LogP) is 2.95. The number of nitrogens with one attached hydrogen (secondary N) is 2. The van der Waals surface area contributed by atoms with Crippen LogP contribution in [0, 0.1) is 0 Å². The highest BCUT2D eigenvalue weighted by Crippen LogP contribution is 2.29. The summed E-state index contributed by atoms with van der Waals surface area (Å²) in [6.07, 6.45) is 5.23. The first-order valence-electron chi connectivity index (χ1n) is 10.7. The topological polar surface area (TPSA) is 87.5 Å². The number of imide groups is 1. The average molecular weight is 433 g/mol. The van der Waals surface area contributed by atoms with Crippen LogP contribution in [-0.2, 0) is 0 Å². The van der Waals surface area contributed by atoms with E-state index in [1.54, 1.807) is 0 Å².